The van der Waals surface area contributed by atoms with Crippen molar-refractivity contribution in [1.29, 1.82) is 0 Å². The lowest BCUT2D eigenvalue weighted by molar-refractivity contribution is -0.122. The second-order valence-electron chi connectivity index (χ2n) is 5.27. The third-order valence-corrected chi connectivity index (χ3v) is 4.41. The van der Waals surface area contributed by atoms with Crippen molar-refractivity contribution < 1.29 is 4.79 Å². The Morgan fingerprint density at radius 2 is 2.36 bits per heavy atom. The van der Waals surface area contributed by atoms with E-state index in [2.05, 4.69) is 17.2 Å². The molecule has 0 aliphatic rings. The zero-order chi connectivity index (χ0) is 15.9. The Labute approximate surface area is 133 Å². The Hall–Kier alpha value is -1.73. The first-order valence-corrected chi connectivity index (χ1v) is 8.45. The molecule has 0 radical (unpaired) electrons. The summed E-state index contributed by atoms with van der Waals surface area (Å²) in [6.45, 7) is 2.87. The predicted molar refractivity (Wildman–Crippen MR) is 89.0 cm³/mol. The van der Waals surface area contributed by atoms with Crippen molar-refractivity contribution in [3.63, 3.8) is 0 Å². The minimum atomic E-state index is -0.0968. The van der Waals surface area contributed by atoms with Crippen LogP contribution in [0.3, 0.4) is 0 Å². The number of carbonyl (C=O) groups excluding carboxylic acids is 1. The number of amides is 1. The summed E-state index contributed by atoms with van der Waals surface area (Å²) in [6, 6.07) is 1.78. The highest BCUT2D eigenvalue weighted by molar-refractivity contribution is 7.16. The van der Waals surface area contributed by atoms with E-state index in [1.165, 1.54) is 22.2 Å². The normalized spacial score (nSPS) is 12.5. The van der Waals surface area contributed by atoms with Gasteiger partial charge in [0.1, 0.15) is 4.83 Å². The van der Waals surface area contributed by atoms with Crippen LogP contribution < -0.4 is 16.6 Å². The number of hydrogen-bond donors (Lipinski definition) is 2. The molecule has 0 bridgehead atoms. The average Bonchev–Trinajstić information content (AvgIpc) is 3.00. The summed E-state index contributed by atoms with van der Waals surface area (Å²) >= 11 is 1.44. The fourth-order valence-electron chi connectivity index (χ4n) is 2.27. The molecule has 120 valence electrons. The molecule has 2 aromatic heterocycles. The van der Waals surface area contributed by atoms with Crippen LogP contribution in [0.25, 0.3) is 10.2 Å². The number of fused-ring (bicyclic) bond motifs is 1. The summed E-state index contributed by atoms with van der Waals surface area (Å²) in [5.74, 6) is -0.0798. The number of nitrogens with zero attached hydrogens (tertiary/aromatic N) is 2. The number of hydrogen-bond acceptors (Lipinski definition) is 5. The summed E-state index contributed by atoms with van der Waals surface area (Å²) < 4.78 is 1.48. The highest BCUT2D eigenvalue weighted by Gasteiger charge is 2.11. The van der Waals surface area contributed by atoms with Crippen LogP contribution in [0.2, 0.25) is 0 Å². The molecule has 0 aromatic carbocycles. The van der Waals surface area contributed by atoms with Crippen molar-refractivity contribution in [1.82, 2.24) is 14.9 Å². The van der Waals surface area contributed by atoms with E-state index in [1.807, 2.05) is 5.38 Å². The highest BCUT2D eigenvalue weighted by Crippen LogP contribution is 2.13. The molecule has 2 aromatic rings. The quantitative estimate of drug-likeness (QED) is 0.770. The molecule has 0 aliphatic carbocycles. The van der Waals surface area contributed by atoms with E-state index in [0.29, 0.717) is 18.5 Å². The molecule has 2 rings (SSSR count). The third-order valence-electron chi connectivity index (χ3n) is 3.59. The lowest BCUT2D eigenvalue weighted by atomic mass is 10.1. The molecule has 0 fully saturated rings. The summed E-state index contributed by atoms with van der Waals surface area (Å²) in [6.07, 6.45) is 4.77. The maximum Gasteiger partial charge on any atom is 0.262 e. The largest absolute Gasteiger partial charge is 0.352 e. The smallest absolute Gasteiger partial charge is 0.262 e. The van der Waals surface area contributed by atoms with Crippen molar-refractivity contribution in [3.05, 3.63) is 28.1 Å². The number of rotatable bonds is 8. The molecule has 3 N–H and O–H groups in total. The van der Waals surface area contributed by atoms with Gasteiger partial charge in [0.05, 0.1) is 11.7 Å². The summed E-state index contributed by atoms with van der Waals surface area (Å²) in [5.41, 5.74) is 5.57. The Kier molecular flexibility index (Phi) is 6.09. The molecule has 1 amide bonds. The Morgan fingerprint density at radius 3 is 3.09 bits per heavy atom. The maximum absolute atomic E-state index is 12.2. The summed E-state index contributed by atoms with van der Waals surface area (Å²) in [7, 11) is 0. The first-order valence-electron chi connectivity index (χ1n) is 7.57. The first-order chi connectivity index (χ1) is 10.7. The number of nitrogens with one attached hydrogen (secondary N) is 1. The van der Waals surface area contributed by atoms with Gasteiger partial charge < -0.3 is 11.1 Å². The highest BCUT2D eigenvalue weighted by atomic mass is 32.1. The molecule has 1 unspecified atom stereocenters. The molecule has 6 nitrogen and oxygen atoms in total. The van der Waals surface area contributed by atoms with Crippen molar-refractivity contribution >= 4 is 27.5 Å². The molecule has 7 heteroatoms. The summed E-state index contributed by atoms with van der Waals surface area (Å²) in [4.78, 5) is 29.1. The lowest BCUT2D eigenvalue weighted by Crippen LogP contribution is -2.40. The van der Waals surface area contributed by atoms with Crippen molar-refractivity contribution in [2.45, 2.75) is 45.2 Å². The molecule has 0 aliphatic heterocycles. The van der Waals surface area contributed by atoms with Gasteiger partial charge in [0.15, 0.2) is 0 Å². The van der Waals surface area contributed by atoms with Crippen LogP contribution in [0.15, 0.2) is 22.6 Å². The van der Waals surface area contributed by atoms with E-state index in [-0.39, 0.29) is 23.9 Å². The molecule has 22 heavy (non-hydrogen) atoms. The molecule has 0 spiro atoms. The SMILES string of the molecule is CCCCC(CN)NC(=O)CCn1cnc2sccc2c1=O. The van der Waals surface area contributed by atoms with Crippen LogP contribution >= 0.6 is 11.3 Å². The van der Waals surface area contributed by atoms with Gasteiger partial charge >= 0.3 is 0 Å². The minimum absolute atomic E-state index is 0.0154. The number of aromatic nitrogens is 2. The third kappa shape index (κ3) is 4.14. The number of unbranched alkanes of at least 4 members (excludes halogenated alkanes) is 1. The zero-order valence-electron chi connectivity index (χ0n) is 12.7. The molecule has 2 heterocycles. The van der Waals surface area contributed by atoms with Crippen molar-refractivity contribution in [2.24, 2.45) is 5.73 Å². The Balaban J connectivity index is 1.92. The monoisotopic (exact) mass is 322 g/mol. The molecule has 0 saturated carbocycles. The van der Waals surface area contributed by atoms with E-state index in [1.54, 1.807) is 6.07 Å². The fraction of sp³-hybridized carbons (Fsp3) is 0.533. The van der Waals surface area contributed by atoms with Crippen LogP contribution in [-0.4, -0.2) is 28.0 Å². The molecular weight excluding hydrogens is 300 g/mol. The number of aryl methyl sites for hydroxylation is 1. The maximum atomic E-state index is 12.2. The van der Waals surface area contributed by atoms with Gasteiger partial charge in [-0.1, -0.05) is 19.8 Å². The van der Waals surface area contributed by atoms with Gasteiger partial charge in [0, 0.05) is 25.6 Å². The van der Waals surface area contributed by atoms with Gasteiger partial charge in [-0.25, -0.2) is 4.98 Å². The van der Waals surface area contributed by atoms with Crippen LogP contribution in [0.4, 0.5) is 0 Å². The molecule has 0 saturated heterocycles. The second kappa shape index (κ2) is 8.05. The Morgan fingerprint density at radius 1 is 1.55 bits per heavy atom. The zero-order valence-corrected chi connectivity index (χ0v) is 13.6. The van der Waals surface area contributed by atoms with Gasteiger partial charge in [-0.3, -0.25) is 14.2 Å². The van der Waals surface area contributed by atoms with Crippen LogP contribution in [0.1, 0.15) is 32.6 Å². The summed E-state index contributed by atoms with van der Waals surface area (Å²) in [5, 5.41) is 5.38. The first kappa shape index (κ1) is 16.6. The molecule has 1 atom stereocenters. The predicted octanol–water partition coefficient (Wildman–Crippen LogP) is 1.48. The standard InChI is InChI=1S/C15H22N4O2S/c1-2-3-4-11(9-16)18-13(20)5-7-19-10-17-14-12(15(19)21)6-8-22-14/h6,8,10-11H,2-5,7,9,16H2,1H3,(H,18,20). The van der Waals surface area contributed by atoms with E-state index >= 15 is 0 Å². The van der Waals surface area contributed by atoms with Gasteiger partial charge in [-0.15, -0.1) is 11.3 Å². The van der Waals surface area contributed by atoms with Crippen molar-refractivity contribution in [2.75, 3.05) is 6.54 Å². The van der Waals surface area contributed by atoms with Gasteiger partial charge in [0.25, 0.3) is 5.56 Å². The van der Waals surface area contributed by atoms with E-state index in [9.17, 15) is 9.59 Å². The van der Waals surface area contributed by atoms with E-state index in [4.69, 9.17) is 5.73 Å². The number of carbonyl (C=O) groups is 1. The Bertz CT molecular complexity index is 679. The minimum Gasteiger partial charge on any atom is -0.352 e. The van der Waals surface area contributed by atoms with Crippen LogP contribution in [0.5, 0.6) is 0 Å². The van der Waals surface area contributed by atoms with E-state index < -0.39 is 0 Å². The molecular formula is C15H22N4O2S. The van der Waals surface area contributed by atoms with Gasteiger partial charge in [0.2, 0.25) is 5.91 Å². The number of nitrogens with two attached hydrogens (primary N) is 1. The van der Waals surface area contributed by atoms with E-state index in [0.717, 1.165) is 24.1 Å². The second-order valence-corrected chi connectivity index (χ2v) is 6.17. The topological polar surface area (TPSA) is 90.0 Å². The van der Waals surface area contributed by atoms with Gasteiger partial charge in [-0.2, -0.15) is 0 Å². The van der Waals surface area contributed by atoms with Crippen LogP contribution in [0, 0.1) is 0 Å². The fourth-order valence-corrected chi connectivity index (χ4v) is 3.00. The number of thiophene rings is 1. The van der Waals surface area contributed by atoms with Crippen molar-refractivity contribution in [3.8, 4) is 0 Å². The van der Waals surface area contributed by atoms with Gasteiger partial charge in [-0.05, 0) is 17.9 Å². The average molecular weight is 322 g/mol. The lowest BCUT2D eigenvalue weighted by Gasteiger charge is -2.16. The van der Waals surface area contributed by atoms with Crippen LogP contribution in [-0.2, 0) is 11.3 Å².